The minimum atomic E-state index is -4.34. The van der Waals surface area contributed by atoms with Crippen molar-refractivity contribution < 1.29 is 23.1 Å². The first-order valence-corrected chi connectivity index (χ1v) is 6.05. The first-order chi connectivity index (χ1) is 9.95. The molecule has 0 bridgehead atoms. The van der Waals surface area contributed by atoms with Gasteiger partial charge < -0.3 is 9.94 Å². The van der Waals surface area contributed by atoms with Gasteiger partial charge in [0, 0.05) is 0 Å². The summed E-state index contributed by atoms with van der Waals surface area (Å²) in [5.74, 6) is 0.151. The Morgan fingerprint density at radius 2 is 1.62 bits per heavy atom. The molecule has 0 aromatic heterocycles. The van der Waals surface area contributed by atoms with Crippen molar-refractivity contribution in [3.63, 3.8) is 0 Å². The van der Waals surface area contributed by atoms with Gasteiger partial charge in [0.15, 0.2) is 0 Å². The van der Waals surface area contributed by atoms with E-state index in [2.05, 4.69) is 5.16 Å². The van der Waals surface area contributed by atoms with Gasteiger partial charge in [0.1, 0.15) is 12.4 Å². The van der Waals surface area contributed by atoms with E-state index < -0.39 is 11.7 Å². The van der Waals surface area contributed by atoms with Crippen LogP contribution in [0.1, 0.15) is 16.7 Å². The molecular formula is C15H12F3NO2. The number of phenols is 1. The number of oxime groups is 1. The van der Waals surface area contributed by atoms with Gasteiger partial charge in [-0.05, 0) is 47.5 Å². The normalized spacial score (nSPS) is 11.8. The molecule has 3 nitrogen and oxygen atoms in total. The lowest BCUT2D eigenvalue weighted by atomic mass is 10.1. The van der Waals surface area contributed by atoms with Gasteiger partial charge in [-0.15, -0.1) is 0 Å². The molecule has 0 amide bonds. The monoisotopic (exact) mass is 295 g/mol. The topological polar surface area (TPSA) is 41.8 Å². The van der Waals surface area contributed by atoms with E-state index in [9.17, 15) is 13.2 Å². The van der Waals surface area contributed by atoms with E-state index in [4.69, 9.17) is 9.94 Å². The van der Waals surface area contributed by atoms with E-state index in [1.807, 2.05) is 0 Å². The summed E-state index contributed by atoms with van der Waals surface area (Å²) in [4.78, 5) is 5.01. The molecule has 2 aromatic carbocycles. The van der Waals surface area contributed by atoms with Crippen LogP contribution in [0.5, 0.6) is 5.75 Å². The third-order valence-corrected chi connectivity index (χ3v) is 2.68. The van der Waals surface area contributed by atoms with Gasteiger partial charge in [-0.1, -0.05) is 17.3 Å². The Hall–Kier alpha value is -2.50. The highest BCUT2D eigenvalue weighted by Gasteiger charge is 2.29. The number of nitrogens with zero attached hydrogens (tertiary/aromatic N) is 1. The zero-order valence-corrected chi connectivity index (χ0v) is 10.8. The highest BCUT2D eigenvalue weighted by Crippen LogP contribution is 2.29. The molecule has 21 heavy (non-hydrogen) atoms. The molecule has 2 aromatic rings. The highest BCUT2D eigenvalue weighted by atomic mass is 19.4. The molecule has 0 aliphatic heterocycles. The Morgan fingerprint density at radius 1 is 1.00 bits per heavy atom. The maximum Gasteiger partial charge on any atom is 0.416 e. The molecule has 0 aliphatic rings. The number of rotatable bonds is 4. The van der Waals surface area contributed by atoms with Crippen LogP contribution in [-0.2, 0) is 17.6 Å². The third kappa shape index (κ3) is 4.52. The van der Waals surface area contributed by atoms with E-state index >= 15 is 0 Å². The van der Waals surface area contributed by atoms with Crippen LogP contribution in [0.25, 0.3) is 0 Å². The van der Waals surface area contributed by atoms with Crippen LogP contribution in [0.3, 0.4) is 0 Å². The number of halogens is 3. The van der Waals surface area contributed by atoms with Crippen LogP contribution >= 0.6 is 0 Å². The summed E-state index contributed by atoms with van der Waals surface area (Å²) in [7, 11) is 0. The summed E-state index contributed by atoms with van der Waals surface area (Å²) in [5, 5.41) is 12.8. The molecule has 0 unspecified atom stereocenters. The Kier molecular flexibility index (Phi) is 4.47. The lowest BCUT2D eigenvalue weighted by Gasteiger charge is -2.06. The smallest absolute Gasteiger partial charge is 0.416 e. The second-order valence-electron chi connectivity index (χ2n) is 4.29. The zero-order valence-electron chi connectivity index (χ0n) is 10.8. The Morgan fingerprint density at radius 3 is 2.19 bits per heavy atom. The van der Waals surface area contributed by atoms with Gasteiger partial charge >= 0.3 is 6.18 Å². The summed E-state index contributed by atoms with van der Waals surface area (Å²) in [6, 6.07) is 11.0. The third-order valence-electron chi connectivity index (χ3n) is 2.68. The first-order valence-electron chi connectivity index (χ1n) is 6.05. The summed E-state index contributed by atoms with van der Waals surface area (Å²) in [5.41, 5.74) is 0.630. The number of alkyl halides is 3. The summed E-state index contributed by atoms with van der Waals surface area (Å²) >= 11 is 0. The number of benzene rings is 2. The minimum absolute atomic E-state index is 0.0761. The molecule has 0 saturated heterocycles. The summed E-state index contributed by atoms with van der Waals surface area (Å²) < 4.78 is 37.1. The fraction of sp³-hybridized carbons (Fsp3) is 0.133. The molecule has 6 heteroatoms. The van der Waals surface area contributed by atoms with Gasteiger partial charge in [-0.3, -0.25) is 0 Å². The van der Waals surface area contributed by atoms with Crippen molar-refractivity contribution in [2.45, 2.75) is 12.8 Å². The van der Waals surface area contributed by atoms with E-state index in [0.717, 1.165) is 17.7 Å². The maximum absolute atomic E-state index is 12.4. The largest absolute Gasteiger partial charge is 0.508 e. The van der Waals surface area contributed by atoms with Gasteiger partial charge in [-0.25, -0.2) is 0 Å². The zero-order chi connectivity index (χ0) is 15.3. The average Bonchev–Trinajstić information content (AvgIpc) is 2.45. The Bertz CT molecular complexity index is 604. The Labute approximate surface area is 119 Å². The Balaban J connectivity index is 1.87. The number of phenolic OH excluding ortho intramolecular Hbond substituents is 1. The lowest BCUT2D eigenvalue weighted by Crippen LogP contribution is -2.04. The highest BCUT2D eigenvalue weighted by molar-refractivity contribution is 5.79. The van der Waals surface area contributed by atoms with Crippen molar-refractivity contribution >= 4 is 6.21 Å². The van der Waals surface area contributed by atoms with Crippen LogP contribution in [0.2, 0.25) is 0 Å². The predicted molar refractivity (Wildman–Crippen MR) is 71.9 cm³/mol. The number of hydrogen-bond acceptors (Lipinski definition) is 3. The predicted octanol–water partition coefficient (Wildman–Crippen LogP) is 3.96. The van der Waals surface area contributed by atoms with E-state index in [0.29, 0.717) is 5.56 Å². The number of aromatic hydroxyl groups is 1. The standard InChI is InChI=1S/C15H12F3NO2/c16-15(17,18)13-5-1-12(2-6-13)10-21-19-9-11-3-7-14(20)8-4-11/h1-9,20H,10H2/b19-9-. The molecular weight excluding hydrogens is 283 g/mol. The molecule has 2 rings (SSSR count). The second-order valence-corrected chi connectivity index (χ2v) is 4.29. The van der Waals surface area contributed by atoms with E-state index in [1.165, 1.54) is 30.5 Å². The maximum atomic E-state index is 12.4. The summed E-state index contributed by atoms with van der Waals surface area (Å²) in [6.07, 6.45) is -2.89. The van der Waals surface area contributed by atoms with Crippen molar-refractivity contribution in [1.82, 2.24) is 0 Å². The van der Waals surface area contributed by atoms with Crippen LogP contribution in [0.4, 0.5) is 13.2 Å². The lowest BCUT2D eigenvalue weighted by molar-refractivity contribution is -0.137. The fourth-order valence-electron chi connectivity index (χ4n) is 1.56. The molecule has 0 spiro atoms. The van der Waals surface area contributed by atoms with Gasteiger partial charge in [0.05, 0.1) is 11.8 Å². The second kappa shape index (κ2) is 6.30. The summed E-state index contributed by atoms with van der Waals surface area (Å²) in [6.45, 7) is 0.0761. The molecule has 0 heterocycles. The molecule has 0 radical (unpaired) electrons. The van der Waals surface area contributed by atoms with Gasteiger partial charge in [-0.2, -0.15) is 13.2 Å². The minimum Gasteiger partial charge on any atom is -0.508 e. The van der Waals surface area contributed by atoms with E-state index in [-0.39, 0.29) is 12.4 Å². The van der Waals surface area contributed by atoms with Crippen molar-refractivity contribution in [2.24, 2.45) is 5.16 Å². The van der Waals surface area contributed by atoms with Crippen molar-refractivity contribution in [2.75, 3.05) is 0 Å². The average molecular weight is 295 g/mol. The van der Waals surface area contributed by atoms with Crippen molar-refractivity contribution in [1.29, 1.82) is 0 Å². The van der Waals surface area contributed by atoms with Gasteiger partial charge in [0.25, 0.3) is 0 Å². The van der Waals surface area contributed by atoms with Crippen molar-refractivity contribution in [3.8, 4) is 5.75 Å². The molecule has 0 saturated carbocycles. The van der Waals surface area contributed by atoms with Crippen LogP contribution in [0, 0.1) is 0 Å². The molecule has 0 aliphatic carbocycles. The quantitative estimate of drug-likeness (QED) is 0.685. The van der Waals surface area contributed by atoms with Crippen LogP contribution < -0.4 is 0 Å². The van der Waals surface area contributed by atoms with Crippen LogP contribution in [-0.4, -0.2) is 11.3 Å². The molecule has 1 N–H and O–H groups in total. The van der Waals surface area contributed by atoms with E-state index in [1.54, 1.807) is 12.1 Å². The number of hydrogen-bond donors (Lipinski definition) is 1. The van der Waals surface area contributed by atoms with Crippen molar-refractivity contribution in [3.05, 3.63) is 65.2 Å². The molecule has 0 fully saturated rings. The van der Waals surface area contributed by atoms with Gasteiger partial charge in [0.2, 0.25) is 0 Å². The fourth-order valence-corrected chi connectivity index (χ4v) is 1.56. The first kappa shape index (κ1) is 14.9. The molecule has 0 atom stereocenters. The molecule has 110 valence electrons. The SMILES string of the molecule is Oc1ccc(/C=N\OCc2ccc(C(F)(F)F)cc2)cc1. The van der Waals surface area contributed by atoms with Crippen LogP contribution in [0.15, 0.2) is 53.7 Å².